The van der Waals surface area contributed by atoms with Gasteiger partial charge in [0.1, 0.15) is 0 Å². The van der Waals surface area contributed by atoms with Gasteiger partial charge in [0.2, 0.25) is 10.0 Å². The molecule has 2 N–H and O–H groups in total. The molecule has 0 bridgehead atoms. The fourth-order valence-corrected chi connectivity index (χ4v) is 2.54. The Balaban J connectivity index is 3.02. The van der Waals surface area contributed by atoms with Crippen molar-refractivity contribution < 1.29 is 17.9 Å². The van der Waals surface area contributed by atoms with Crippen LogP contribution >= 0.6 is 0 Å². The molecule has 0 saturated heterocycles. The molecule has 0 aliphatic rings. The Labute approximate surface area is 101 Å². The van der Waals surface area contributed by atoms with Crippen LogP contribution in [0.15, 0.2) is 30.3 Å². The molecule has 1 rings (SSSR count). The van der Waals surface area contributed by atoms with Gasteiger partial charge in [0.05, 0.1) is 6.61 Å². The minimum absolute atomic E-state index is 0.0203. The van der Waals surface area contributed by atoms with Crippen molar-refractivity contribution >= 4 is 15.8 Å². The number of primary sulfonamides is 1. The molecule has 0 saturated carbocycles. The first kappa shape index (κ1) is 13.8. The van der Waals surface area contributed by atoms with Gasteiger partial charge >= 0.3 is 0 Å². The molecular weight excluding hydrogens is 242 g/mol. The Morgan fingerprint density at radius 1 is 1.35 bits per heavy atom. The summed E-state index contributed by atoms with van der Waals surface area (Å²) in [6.07, 6.45) is 0.0203. The molecule has 17 heavy (non-hydrogen) atoms. The predicted molar refractivity (Wildman–Crippen MR) is 63.8 cm³/mol. The fraction of sp³-hybridized carbons (Fsp3) is 0.364. The highest BCUT2D eigenvalue weighted by Crippen LogP contribution is 2.22. The number of carbonyl (C=O) groups is 1. The highest BCUT2D eigenvalue weighted by atomic mass is 32.2. The van der Waals surface area contributed by atoms with Crippen LogP contribution < -0.4 is 5.14 Å². The average molecular weight is 257 g/mol. The summed E-state index contributed by atoms with van der Waals surface area (Å²) in [5.74, 6) is -0.458. The average Bonchev–Trinajstić information content (AvgIpc) is 2.26. The van der Waals surface area contributed by atoms with Gasteiger partial charge in [-0.2, -0.15) is 0 Å². The van der Waals surface area contributed by atoms with Gasteiger partial charge < -0.3 is 4.74 Å². The van der Waals surface area contributed by atoms with E-state index in [4.69, 9.17) is 9.88 Å². The van der Waals surface area contributed by atoms with Crippen LogP contribution in [0.25, 0.3) is 0 Å². The molecule has 0 spiro atoms. The highest BCUT2D eigenvalue weighted by molar-refractivity contribution is 7.90. The zero-order valence-corrected chi connectivity index (χ0v) is 10.3. The number of sulfonamides is 1. The minimum Gasteiger partial charge on any atom is -0.384 e. The molecule has 1 atom stereocenters. The van der Waals surface area contributed by atoms with Crippen LogP contribution in [0.3, 0.4) is 0 Å². The molecule has 94 valence electrons. The zero-order chi connectivity index (χ0) is 12.9. The molecule has 0 aliphatic heterocycles. The van der Waals surface area contributed by atoms with E-state index in [-0.39, 0.29) is 13.0 Å². The SMILES string of the molecule is COCCC(=O)C(c1ccccc1)S(N)(=O)=O. The van der Waals surface area contributed by atoms with E-state index in [2.05, 4.69) is 0 Å². The second-order valence-electron chi connectivity index (χ2n) is 3.59. The summed E-state index contributed by atoms with van der Waals surface area (Å²) in [5, 5.41) is 3.79. The predicted octanol–water partition coefficient (Wildman–Crippen LogP) is 0.622. The number of hydrogen-bond acceptors (Lipinski definition) is 4. The van der Waals surface area contributed by atoms with E-state index >= 15 is 0 Å². The normalized spacial score (nSPS) is 13.3. The number of hydrogen-bond donors (Lipinski definition) is 1. The van der Waals surface area contributed by atoms with Crippen molar-refractivity contribution in [3.05, 3.63) is 35.9 Å². The number of rotatable bonds is 6. The van der Waals surface area contributed by atoms with Crippen LogP contribution in [-0.4, -0.2) is 27.9 Å². The van der Waals surface area contributed by atoms with Crippen molar-refractivity contribution in [2.45, 2.75) is 11.7 Å². The van der Waals surface area contributed by atoms with Crippen molar-refractivity contribution in [3.63, 3.8) is 0 Å². The molecule has 0 fully saturated rings. The Morgan fingerprint density at radius 2 is 1.94 bits per heavy atom. The minimum atomic E-state index is -3.95. The second-order valence-corrected chi connectivity index (χ2v) is 5.24. The Hall–Kier alpha value is -1.24. The quantitative estimate of drug-likeness (QED) is 0.809. The molecule has 1 unspecified atom stereocenters. The Morgan fingerprint density at radius 3 is 2.41 bits per heavy atom. The van der Waals surface area contributed by atoms with E-state index in [9.17, 15) is 13.2 Å². The van der Waals surface area contributed by atoms with E-state index in [1.54, 1.807) is 30.3 Å². The zero-order valence-electron chi connectivity index (χ0n) is 9.50. The molecule has 6 heteroatoms. The lowest BCUT2D eigenvalue weighted by Gasteiger charge is -2.13. The molecule has 0 amide bonds. The van der Waals surface area contributed by atoms with Gasteiger partial charge in [-0.3, -0.25) is 4.79 Å². The maximum Gasteiger partial charge on any atom is 0.223 e. The van der Waals surface area contributed by atoms with Crippen molar-refractivity contribution in [2.75, 3.05) is 13.7 Å². The third-order valence-corrected chi connectivity index (χ3v) is 3.47. The van der Waals surface area contributed by atoms with Crippen molar-refractivity contribution in [2.24, 2.45) is 5.14 Å². The summed E-state index contributed by atoms with van der Waals surface area (Å²) >= 11 is 0. The Bertz CT molecular complexity index is 470. The first-order valence-corrected chi connectivity index (χ1v) is 6.66. The molecule has 1 aromatic carbocycles. The summed E-state index contributed by atoms with van der Waals surface area (Å²) < 4.78 is 27.7. The molecule has 0 aliphatic carbocycles. The molecule has 0 heterocycles. The van der Waals surface area contributed by atoms with E-state index in [1.807, 2.05) is 0 Å². The first-order chi connectivity index (χ1) is 7.96. The van der Waals surface area contributed by atoms with Crippen molar-refractivity contribution in [1.29, 1.82) is 0 Å². The first-order valence-electron chi connectivity index (χ1n) is 5.05. The number of benzene rings is 1. The van der Waals surface area contributed by atoms with Gasteiger partial charge in [0, 0.05) is 13.5 Å². The number of ketones is 1. The maximum absolute atomic E-state index is 11.8. The van der Waals surface area contributed by atoms with Crippen molar-refractivity contribution in [1.82, 2.24) is 0 Å². The van der Waals surface area contributed by atoms with Crippen LogP contribution in [0, 0.1) is 0 Å². The van der Waals surface area contributed by atoms with Gasteiger partial charge in [-0.1, -0.05) is 30.3 Å². The molecule has 0 radical (unpaired) electrons. The number of methoxy groups -OCH3 is 1. The van der Waals surface area contributed by atoms with E-state index in [1.165, 1.54) is 7.11 Å². The van der Waals surface area contributed by atoms with Crippen LogP contribution in [0.4, 0.5) is 0 Å². The Kier molecular flexibility index (Phi) is 4.80. The second kappa shape index (κ2) is 5.90. The third-order valence-electron chi connectivity index (χ3n) is 2.28. The van der Waals surface area contributed by atoms with Gasteiger partial charge in [-0.25, -0.2) is 13.6 Å². The van der Waals surface area contributed by atoms with Crippen LogP contribution in [-0.2, 0) is 19.6 Å². The number of ether oxygens (including phenoxy) is 1. The molecule has 1 aromatic rings. The van der Waals surface area contributed by atoms with E-state index in [0.29, 0.717) is 5.56 Å². The van der Waals surface area contributed by atoms with Crippen LogP contribution in [0.2, 0.25) is 0 Å². The lowest BCUT2D eigenvalue weighted by molar-refractivity contribution is -0.119. The molecule has 0 aromatic heterocycles. The van der Waals surface area contributed by atoms with E-state index in [0.717, 1.165) is 0 Å². The standard InChI is InChI=1S/C11H15NO4S/c1-16-8-7-10(13)11(17(12,14)15)9-5-3-2-4-6-9/h2-6,11H,7-8H2,1H3,(H2,12,14,15). The lowest BCUT2D eigenvalue weighted by Crippen LogP contribution is -2.28. The molecule has 5 nitrogen and oxygen atoms in total. The van der Waals surface area contributed by atoms with Gasteiger partial charge in [0.15, 0.2) is 11.0 Å². The summed E-state index contributed by atoms with van der Waals surface area (Å²) in [7, 11) is -2.51. The van der Waals surface area contributed by atoms with Crippen LogP contribution in [0.1, 0.15) is 17.2 Å². The summed E-state index contributed by atoms with van der Waals surface area (Å²) in [6, 6.07) is 8.21. The maximum atomic E-state index is 11.8. The van der Waals surface area contributed by atoms with Crippen molar-refractivity contribution in [3.8, 4) is 0 Å². The topological polar surface area (TPSA) is 86.5 Å². The monoisotopic (exact) mass is 257 g/mol. The number of nitrogens with two attached hydrogens (primary N) is 1. The lowest BCUT2D eigenvalue weighted by atomic mass is 10.1. The van der Waals surface area contributed by atoms with Gasteiger partial charge in [-0.15, -0.1) is 0 Å². The fourth-order valence-electron chi connectivity index (χ4n) is 1.52. The summed E-state index contributed by atoms with van der Waals surface area (Å²) in [5.41, 5.74) is 0.385. The van der Waals surface area contributed by atoms with Gasteiger partial charge in [0.25, 0.3) is 0 Å². The molecular formula is C11H15NO4S. The van der Waals surface area contributed by atoms with Crippen LogP contribution in [0.5, 0.6) is 0 Å². The summed E-state index contributed by atoms with van der Waals surface area (Å²) in [6.45, 7) is 0.178. The third kappa shape index (κ3) is 3.92. The number of carbonyl (C=O) groups excluding carboxylic acids is 1. The smallest absolute Gasteiger partial charge is 0.223 e. The highest BCUT2D eigenvalue weighted by Gasteiger charge is 2.30. The van der Waals surface area contributed by atoms with Gasteiger partial charge in [-0.05, 0) is 5.56 Å². The largest absolute Gasteiger partial charge is 0.384 e. The summed E-state index contributed by atoms with van der Waals surface area (Å²) in [4.78, 5) is 11.8. The number of Topliss-reactive ketones (excluding diaryl/α,β-unsaturated/α-hetero) is 1. The van der Waals surface area contributed by atoms with E-state index < -0.39 is 21.1 Å².